The Labute approximate surface area is 132 Å². The van der Waals surface area contributed by atoms with Crippen molar-refractivity contribution >= 4 is 6.03 Å². The Morgan fingerprint density at radius 3 is 2.64 bits per heavy atom. The Morgan fingerprint density at radius 2 is 2.00 bits per heavy atom. The molecule has 6 nitrogen and oxygen atoms in total. The van der Waals surface area contributed by atoms with Crippen molar-refractivity contribution in [2.45, 2.75) is 12.5 Å². The third kappa shape index (κ3) is 4.80. The quantitative estimate of drug-likeness (QED) is 0.863. The highest BCUT2D eigenvalue weighted by Gasteiger charge is 2.27. The first-order chi connectivity index (χ1) is 10.6. The molecule has 1 aromatic carbocycles. The van der Waals surface area contributed by atoms with Crippen LogP contribution in [-0.4, -0.2) is 69.3 Å². The number of nitrogens with one attached hydrogen (secondary N) is 1. The first-order valence-electron chi connectivity index (χ1n) is 7.56. The molecule has 1 N–H and O–H groups in total. The summed E-state index contributed by atoms with van der Waals surface area (Å²) in [6.45, 7) is 2.85. The van der Waals surface area contributed by atoms with Gasteiger partial charge in [-0.25, -0.2) is 4.79 Å². The van der Waals surface area contributed by atoms with Crippen LogP contribution >= 0.6 is 0 Å². The summed E-state index contributed by atoms with van der Waals surface area (Å²) in [5.74, 6) is 1.61. The van der Waals surface area contributed by atoms with E-state index in [4.69, 9.17) is 9.47 Å². The maximum absolute atomic E-state index is 12.0. The Kier molecular flexibility index (Phi) is 5.89. The number of carbonyl (C=O) groups excluding carboxylic acids is 1. The van der Waals surface area contributed by atoms with Crippen molar-refractivity contribution in [3.63, 3.8) is 0 Å². The number of benzene rings is 1. The highest BCUT2D eigenvalue weighted by atomic mass is 16.5. The summed E-state index contributed by atoms with van der Waals surface area (Å²) in [5, 5.41) is 2.93. The maximum Gasteiger partial charge on any atom is 0.317 e. The number of ether oxygens (including phenoxy) is 2. The topological polar surface area (TPSA) is 54.0 Å². The van der Waals surface area contributed by atoms with Gasteiger partial charge in [-0.05, 0) is 38.4 Å². The molecule has 6 heteroatoms. The zero-order valence-corrected chi connectivity index (χ0v) is 13.5. The number of amides is 2. The molecule has 122 valence electrons. The van der Waals surface area contributed by atoms with Gasteiger partial charge in [0.15, 0.2) is 0 Å². The van der Waals surface area contributed by atoms with Gasteiger partial charge in [0.25, 0.3) is 0 Å². The smallest absolute Gasteiger partial charge is 0.317 e. The molecule has 22 heavy (non-hydrogen) atoms. The molecule has 0 bridgehead atoms. The summed E-state index contributed by atoms with van der Waals surface area (Å²) in [6.07, 6.45) is 0.903. The van der Waals surface area contributed by atoms with Gasteiger partial charge in [0.05, 0.1) is 13.7 Å². The molecule has 1 aliphatic rings. The number of hydrogen-bond donors (Lipinski definition) is 1. The summed E-state index contributed by atoms with van der Waals surface area (Å²) in [4.78, 5) is 15.9. The molecule has 1 unspecified atom stereocenters. The van der Waals surface area contributed by atoms with Crippen LogP contribution in [0.25, 0.3) is 0 Å². The standard InChI is InChI=1S/C16H25N3O3/c1-18(2)11-9-17-16(20)19-10-8-15(12-19)22-14-6-4-13(21-3)5-7-14/h4-7,15H,8-12H2,1-3H3,(H,17,20). The lowest BCUT2D eigenvalue weighted by Gasteiger charge is -2.19. The number of hydrogen-bond acceptors (Lipinski definition) is 4. The minimum absolute atomic E-state index is 0.0114. The van der Waals surface area contributed by atoms with E-state index in [9.17, 15) is 4.79 Å². The van der Waals surface area contributed by atoms with Crippen molar-refractivity contribution in [1.82, 2.24) is 15.1 Å². The Hall–Kier alpha value is -1.95. The molecule has 2 rings (SSSR count). The van der Waals surface area contributed by atoms with Crippen LogP contribution in [0.5, 0.6) is 11.5 Å². The second-order valence-electron chi connectivity index (χ2n) is 5.69. The zero-order valence-electron chi connectivity index (χ0n) is 13.5. The van der Waals surface area contributed by atoms with Gasteiger partial charge in [0, 0.05) is 26.1 Å². The number of rotatable bonds is 6. The van der Waals surface area contributed by atoms with E-state index in [1.165, 1.54) is 0 Å². The van der Waals surface area contributed by atoms with Crippen LogP contribution in [-0.2, 0) is 0 Å². The lowest BCUT2D eigenvalue weighted by molar-refractivity contribution is 0.186. The van der Waals surface area contributed by atoms with E-state index >= 15 is 0 Å². The van der Waals surface area contributed by atoms with E-state index in [0.29, 0.717) is 13.1 Å². The number of likely N-dealkylation sites (tertiary alicyclic amines) is 1. The fourth-order valence-corrected chi connectivity index (χ4v) is 2.35. The van der Waals surface area contributed by atoms with Gasteiger partial charge in [-0.3, -0.25) is 0 Å². The van der Waals surface area contributed by atoms with E-state index in [2.05, 4.69) is 5.32 Å². The van der Waals surface area contributed by atoms with Crippen LogP contribution in [0, 0.1) is 0 Å². The Morgan fingerprint density at radius 1 is 1.32 bits per heavy atom. The number of nitrogens with zero attached hydrogens (tertiary/aromatic N) is 2. The maximum atomic E-state index is 12.0. The first-order valence-corrected chi connectivity index (χ1v) is 7.56. The summed E-state index contributed by atoms with van der Waals surface area (Å²) in [5.41, 5.74) is 0. The molecule has 2 amide bonds. The van der Waals surface area contributed by atoms with Gasteiger partial charge in [-0.1, -0.05) is 0 Å². The Balaban J connectivity index is 1.75. The minimum atomic E-state index is -0.0114. The first kappa shape index (κ1) is 16.4. The molecule has 1 fully saturated rings. The van der Waals surface area contributed by atoms with Crippen molar-refractivity contribution in [2.75, 3.05) is 47.4 Å². The molecule has 0 aliphatic carbocycles. The van der Waals surface area contributed by atoms with Crippen molar-refractivity contribution in [3.05, 3.63) is 24.3 Å². The van der Waals surface area contributed by atoms with E-state index in [-0.39, 0.29) is 12.1 Å². The van der Waals surface area contributed by atoms with E-state index in [0.717, 1.165) is 31.0 Å². The number of urea groups is 1. The van der Waals surface area contributed by atoms with Gasteiger partial charge in [-0.2, -0.15) is 0 Å². The summed E-state index contributed by atoms with van der Waals surface area (Å²) >= 11 is 0. The number of carbonyl (C=O) groups is 1. The van der Waals surface area contributed by atoms with Crippen LogP contribution in [0.4, 0.5) is 4.79 Å². The van der Waals surface area contributed by atoms with Crippen LogP contribution in [0.3, 0.4) is 0 Å². The molecule has 1 aromatic rings. The highest BCUT2D eigenvalue weighted by molar-refractivity contribution is 5.74. The molecule has 0 saturated carbocycles. The summed E-state index contributed by atoms with van der Waals surface area (Å²) < 4.78 is 11.0. The molecule has 1 aliphatic heterocycles. The van der Waals surface area contributed by atoms with Crippen LogP contribution in [0.1, 0.15) is 6.42 Å². The normalized spacial score (nSPS) is 17.6. The lowest BCUT2D eigenvalue weighted by Crippen LogP contribution is -2.41. The van der Waals surface area contributed by atoms with Crippen molar-refractivity contribution < 1.29 is 14.3 Å². The summed E-state index contributed by atoms with van der Waals surface area (Å²) in [7, 11) is 5.61. The van der Waals surface area contributed by atoms with Gasteiger partial charge >= 0.3 is 6.03 Å². The van der Waals surface area contributed by atoms with Gasteiger partial charge in [-0.15, -0.1) is 0 Å². The molecule has 1 saturated heterocycles. The fraction of sp³-hybridized carbons (Fsp3) is 0.562. The fourth-order valence-electron chi connectivity index (χ4n) is 2.35. The van der Waals surface area contributed by atoms with E-state index < -0.39 is 0 Å². The van der Waals surface area contributed by atoms with Gasteiger partial charge in [0.2, 0.25) is 0 Å². The molecular formula is C16H25N3O3. The predicted octanol–water partition coefficient (Wildman–Crippen LogP) is 1.42. The lowest BCUT2D eigenvalue weighted by atomic mass is 10.3. The monoisotopic (exact) mass is 307 g/mol. The summed E-state index contributed by atoms with van der Waals surface area (Å²) in [6, 6.07) is 7.51. The third-order valence-corrected chi connectivity index (χ3v) is 3.63. The number of methoxy groups -OCH3 is 1. The molecular weight excluding hydrogens is 282 g/mol. The van der Waals surface area contributed by atoms with E-state index in [1.807, 2.05) is 48.2 Å². The SMILES string of the molecule is COc1ccc(OC2CCN(C(=O)NCCN(C)C)C2)cc1. The molecule has 0 radical (unpaired) electrons. The highest BCUT2D eigenvalue weighted by Crippen LogP contribution is 2.21. The average Bonchev–Trinajstić information content (AvgIpc) is 2.96. The molecule has 0 spiro atoms. The van der Waals surface area contributed by atoms with Crippen LogP contribution in [0.2, 0.25) is 0 Å². The van der Waals surface area contributed by atoms with Gasteiger partial charge in [0.1, 0.15) is 17.6 Å². The van der Waals surface area contributed by atoms with Crippen molar-refractivity contribution in [2.24, 2.45) is 0 Å². The van der Waals surface area contributed by atoms with E-state index in [1.54, 1.807) is 7.11 Å². The largest absolute Gasteiger partial charge is 0.497 e. The second kappa shape index (κ2) is 7.89. The average molecular weight is 307 g/mol. The third-order valence-electron chi connectivity index (χ3n) is 3.63. The van der Waals surface area contributed by atoms with Crippen molar-refractivity contribution in [1.29, 1.82) is 0 Å². The molecule has 1 atom stereocenters. The molecule has 0 aromatic heterocycles. The molecule has 1 heterocycles. The zero-order chi connectivity index (χ0) is 15.9. The predicted molar refractivity (Wildman–Crippen MR) is 85.6 cm³/mol. The number of likely N-dealkylation sites (N-methyl/N-ethyl adjacent to an activating group) is 1. The van der Waals surface area contributed by atoms with Crippen LogP contribution in [0.15, 0.2) is 24.3 Å². The van der Waals surface area contributed by atoms with Crippen LogP contribution < -0.4 is 14.8 Å². The second-order valence-corrected chi connectivity index (χ2v) is 5.69. The minimum Gasteiger partial charge on any atom is -0.497 e. The van der Waals surface area contributed by atoms with Crippen molar-refractivity contribution in [3.8, 4) is 11.5 Å². The Bertz CT molecular complexity index is 476. The van der Waals surface area contributed by atoms with Gasteiger partial charge < -0.3 is 24.6 Å².